The number of hydrogen-bond acceptors (Lipinski definition) is 6. The van der Waals surface area contributed by atoms with Gasteiger partial charge in [0.2, 0.25) is 15.8 Å². The van der Waals surface area contributed by atoms with Gasteiger partial charge in [-0.1, -0.05) is 0 Å². The number of benzene rings is 1. The van der Waals surface area contributed by atoms with Crippen LogP contribution in [0.3, 0.4) is 0 Å². The first kappa shape index (κ1) is 23.3. The molecule has 180 valence electrons. The summed E-state index contributed by atoms with van der Waals surface area (Å²) in [7, 11) is -3.89. The molecule has 0 radical (unpaired) electrons. The van der Waals surface area contributed by atoms with Gasteiger partial charge < -0.3 is 0 Å². The van der Waals surface area contributed by atoms with Gasteiger partial charge in [0.1, 0.15) is 11.9 Å². The van der Waals surface area contributed by atoms with E-state index in [9.17, 15) is 31.2 Å². The van der Waals surface area contributed by atoms with Crippen molar-refractivity contribution in [2.75, 3.05) is 0 Å². The van der Waals surface area contributed by atoms with Gasteiger partial charge in [-0.05, 0) is 61.1 Å². The summed E-state index contributed by atoms with van der Waals surface area (Å²) >= 11 is 0. The van der Waals surface area contributed by atoms with Crippen molar-refractivity contribution >= 4 is 10.0 Å². The summed E-state index contributed by atoms with van der Waals surface area (Å²) in [6, 6.07) is 7.67. The lowest BCUT2D eigenvalue weighted by molar-refractivity contribution is -0.144. The van der Waals surface area contributed by atoms with Crippen LogP contribution in [-0.2, 0) is 22.6 Å². The Kier molecular flexibility index (Phi) is 5.56. The van der Waals surface area contributed by atoms with Crippen molar-refractivity contribution < 1.29 is 26.0 Å². The lowest BCUT2D eigenvalue weighted by Gasteiger charge is -2.26. The Hall–Kier alpha value is -3.43. The largest absolute Gasteiger partial charge is 0.451 e. The average molecular weight is 503 g/mol. The fourth-order valence-corrected chi connectivity index (χ4v) is 6.64. The Labute approximate surface area is 198 Å². The minimum Gasteiger partial charge on any atom is -0.255 e. The normalized spacial score (nSPS) is 22.0. The van der Waals surface area contributed by atoms with Crippen LogP contribution in [0.15, 0.2) is 53.8 Å². The zero-order valence-electron chi connectivity index (χ0n) is 17.9. The zero-order chi connectivity index (χ0) is 25.0. The predicted octanol–water partition coefficient (Wildman–Crippen LogP) is 3.96. The molecule has 0 amide bonds. The number of aromatic nitrogens is 3. The van der Waals surface area contributed by atoms with Gasteiger partial charge in [-0.3, -0.25) is 4.98 Å². The van der Waals surface area contributed by atoms with Crippen molar-refractivity contribution in [3.8, 4) is 17.3 Å². The van der Waals surface area contributed by atoms with E-state index in [0.717, 1.165) is 24.5 Å². The number of pyridine rings is 1. The first-order valence-electron chi connectivity index (χ1n) is 10.7. The molecule has 0 spiro atoms. The second kappa shape index (κ2) is 8.35. The third kappa shape index (κ3) is 4.15. The van der Waals surface area contributed by atoms with Gasteiger partial charge in [0.25, 0.3) is 0 Å². The van der Waals surface area contributed by atoms with E-state index in [4.69, 9.17) is 0 Å². The lowest BCUT2D eigenvalue weighted by atomic mass is 9.81. The molecule has 2 bridgehead atoms. The SMILES string of the molecule is N#Cc1cnc(-c2cnc(C(F)(F)F)nc2)cc1CC1C2CC(C2)N1S(=O)(=O)c1ccc(F)cc1. The molecule has 1 aromatic carbocycles. The minimum atomic E-state index is -4.68. The minimum absolute atomic E-state index is 0.00530. The smallest absolute Gasteiger partial charge is 0.255 e. The van der Waals surface area contributed by atoms with Crippen molar-refractivity contribution in [1.82, 2.24) is 19.3 Å². The summed E-state index contributed by atoms with van der Waals surface area (Å²) in [6.45, 7) is 0. The lowest BCUT2D eigenvalue weighted by Crippen LogP contribution is -2.38. The van der Waals surface area contributed by atoms with Crippen LogP contribution in [-0.4, -0.2) is 39.8 Å². The summed E-state index contributed by atoms with van der Waals surface area (Å²) in [5, 5.41) is 9.58. The number of halogens is 4. The van der Waals surface area contributed by atoms with Gasteiger partial charge in [-0.2, -0.15) is 22.7 Å². The number of fused-ring (bicyclic) bond motifs is 1. The van der Waals surface area contributed by atoms with Gasteiger partial charge in [-0.25, -0.2) is 22.8 Å². The third-order valence-corrected chi connectivity index (χ3v) is 8.50. The molecular formula is C23H17F4N5O2S. The first-order valence-corrected chi connectivity index (χ1v) is 12.1. The highest BCUT2D eigenvalue weighted by Crippen LogP contribution is 2.49. The van der Waals surface area contributed by atoms with E-state index in [-0.39, 0.29) is 40.1 Å². The monoisotopic (exact) mass is 503 g/mol. The van der Waals surface area contributed by atoms with Gasteiger partial charge in [0, 0.05) is 36.2 Å². The van der Waals surface area contributed by atoms with E-state index < -0.39 is 33.9 Å². The molecule has 35 heavy (non-hydrogen) atoms. The summed E-state index contributed by atoms with van der Waals surface area (Å²) in [6.07, 6.45) is 0.249. The molecule has 2 aromatic heterocycles. The number of hydrogen-bond donors (Lipinski definition) is 0. The van der Waals surface area contributed by atoms with Gasteiger partial charge >= 0.3 is 6.18 Å². The van der Waals surface area contributed by atoms with Crippen molar-refractivity contribution in [3.63, 3.8) is 0 Å². The Morgan fingerprint density at radius 2 is 1.71 bits per heavy atom. The van der Waals surface area contributed by atoms with Gasteiger partial charge in [-0.15, -0.1) is 0 Å². The number of rotatable bonds is 5. The molecule has 2 saturated heterocycles. The summed E-state index contributed by atoms with van der Waals surface area (Å²) in [5.41, 5.74) is 1.26. The first-order chi connectivity index (χ1) is 16.6. The molecule has 3 aromatic rings. The highest BCUT2D eigenvalue weighted by Gasteiger charge is 2.55. The zero-order valence-corrected chi connectivity index (χ0v) is 18.8. The summed E-state index contributed by atoms with van der Waals surface area (Å²) in [4.78, 5) is 10.8. The molecule has 1 unspecified atom stereocenters. The van der Waals surface area contributed by atoms with Crippen LogP contribution in [0.25, 0.3) is 11.3 Å². The van der Waals surface area contributed by atoms with Crippen LogP contribution >= 0.6 is 0 Å². The van der Waals surface area contributed by atoms with Crippen molar-refractivity contribution in [2.45, 2.75) is 42.4 Å². The molecule has 1 atom stereocenters. The van der Waals surface area contributed by atoms with Gasteiger partial charge in [0.15, 0.2) is 0 Å². The molecule has 1 aliphatic carbocycles. The van der Waals surface area contributed by atoms with Crippen molar-refractivity contribution in [1.29, 1.82) is 5.26 Å². The number of nitrogens with zero attached hydrogens (tertiary/aromatic N) is 5. The molecule has 12 heteroatoms. The van der Waals surface area contributed by atoms with Crippen LogP contribution in [0.4, 0.5) is 17.6 Å². The molecule has 2 aliphatic heterocycles. The maximum Gasteiger partial charge on any atom is 0.451 e. The van der Waals surface area contributed by atoms with Crippen LogP contribution in [0, 0.1) is 23.1 Å². The fraction of sp³-hybridized carbons (Fsp3) is 0.304. The second-order valence-corrected chi connectivity index (χ2v) is 10.4. The average Bonchev–Trinajstić information content (AvgIpc) is 3.34. The van der Waals surface area contributed by atoms with Crippen LogP contribution < -0.4 is 0 Å². The fourth-order valence-electron chi connectivity index (χ4n) is 4.75. The van der Waals surface area contributed by atoms with E-state index in [2.05, 4.69) is 15.0 Å². The number of nitriles is 1. The third-order valence-electron chi connectivity index (χ3n) is 6.51. The molecule has 7 nitrogen and oxygen atoms in total. The molecule has 6 rings (SSSR count). The molecule has 4 heterocycles. The number of sulfonamides is 1. The van der Waals surface area contributed by atoms with Crippen molar-refractivity contribution in [3.05, 3.63) is 71.7 Å². The Morgan fingerprint density at radius 1 is 1.06 bits per heavy atom. The topological polar surface area (TPSA) is 99.8 Å². The van der Waals surface area contributed by atoms with E-state index in [1.807, 2.05) is 6.07 Å². The molecule has 0 N–H and O–H groups in total. The molecule has 3 fully saturated rings. The quantitative estimate of drug-likeness (QED) is 0.489. The predicted molar refractivity (Wildman–Crippen MR) is 114 cm³/mol. The van der Waals surface area contributed by atoms with Crippen molar-refractivity contribution in [2.24, 2.45) is 5.92 Å². The van der Waals surface area contributed by atoms with Gasteiger partial charge in [0.05, 0.1) is 16.2 Å². The van der Waals surface area contributed by atoms with Crippen LogP contribution in [0.5, 0.6) is 0 Å². The van der Waals surface area contributed by atoms with Crippen LogP contribution in [0.1, 0.15) is 29.8 Å². The van der Waals surface area contributed by atoms with E-state index >= 15 is 0 Å². The Bertz CT molecular complexity index is 1410. The van der Waals surface area contributed by atoms with E-state index in [1.165, 1.54) is 22.6 Å². The standard InChI is InChI=1S/C23H17F4N5O2S/c24-17-1-3-19(4-2-17)35(33,34)32-18-5-14(6-18)21(32)8-13-7-20(29-10-15(13)9-28)16-11-30-22(31-12-16)23(25,26)27/h1-4,7,10-12,14,18,21H,5-6,8H2. The maximum atomic E-state index is 13.4. The molecular weight excluding hydrogens is 486 g/mol. The maximum absolute atomic E-state index is 13.4. The summed E-state index contributed by atoms with van der Waals surface area (Å²) < 4.78 is 79.8. The highest BCUT2D eigenvalue weighted by atomic mass is 32.2. The van der Waals surface area contributed by atoms with E-state index in [1.54, 1.807) is 6.07 Å². The number of alkyl halides is 3. The van der Waals surface area contributed by atoms with Crippen LogP contribution in [0.2, 0.25) is 0 Å². The second-order valence-electron chi connectivity index (χ2n) is 8.58. The Balaban J connectivity index is 1.46. The molecule has 1 saturated carbocycles. The Morgan fingerprint density at radius 3 is 2.31 bits per heavy atom. The molecule has 3 aliphatic rings. The summed E-state index contributed by atoms with van der Waals surface area (Å²) in [5.74, 6) is -1.71. The van der Waals surface area contributed by atoms with E-state index in [0.29, 0.717) is 18.4 Å². The highest BCUT2D eigenvalue weighted by molar-refractivity contribution is 7.89.